The van der Waals surface area contributed by atoms with Gasteiger partial charge in [0.05, 0.1) is 4.92 Å². The highest BCUT2D eigenvalue weighted by Gasteiger charge is 2.48. The third-order valence-corrected chi connectivity index (χ3v) is 6.55. The van der Waals surface area contributed by atoms with Crippen molar-refractivity contribution in [2.24, 2.45) is 10.8 Å². The van der Waals surface area contributed by atoms with Crippen LogP contribution < -0.4 is 10.7 Å². The zero-order valence-electron chi connectivity index (χ0n) is 16.8. The summed E-state index contributed by atoms with van der Waals surface area (Å²) in [7, 11) is 0. The minimum Gasteiger partial charge on any atom is -0.330 e. The number of hydrazone groups is 1. The molecule has 10 heteroatoms. The molecule has 1 aromatic heterocycles. The zero-order valence-corrected chi connectivity index (χ0v) is 17.6. The van der Waals surface area contributed by atoms with Gasteiger partial charge >= 0.3 is 5.69 Å². The average molecular weight is 455 g/mol. The molecule has 7 nitrogen and oxygen atoms in total. The second-order valence-electron chi connectivity index (χ2n) is 7.11. The number of nitrogens with two attached hydrogens (primary N) is 1. The molecule has 1 unspecified atom stereocenters. The Kier molecular flexibility index (Phi) is 6.15. The van der Waals surface area contributed by atoms with Gasteiger partial charge < -0.3 is 5.73 Å². The van der Waals surface area contributed by atoms with E-state index < -0.39 is 21.4 Å². The summed E-state index contributed by atoms with van der Waals surface area (Å²) in [6, 6.07) is 13.9. The normalized spacial score (nSPS) is 18.0. The van der Waals surface area contributed by atoms with Crippen LogP contribution >= 0.6 is 11.8 Å². The molecular formula is C22H19F2N5O2S. The van der Waals surface area contributed by atoms with E-state index >= 15 is 0 Å². The Morgan fingerprint density at radius 1 is 1.16 bits per heavy atom. The van der Waals surface area contributed by atoms with E-state index in [1.165, 1.54) is 29.0 Å². The van der Waals surface area contributed by atoms with Crippen LogP contribution in [0, 0.1) is 21.7 Å². The highest BCUT2D eigenvalue weighted by Crippen LogP contribution is 2.53. The predicted molar refractivity (Wildman–Crippen MR) is 120 cm³/mol. The Labute approximate surface area is 187 Å². The standard InChI is InChI=1S/C22H19F2N5O2S/c23-16-7-8-18(24)17(13-16)21-27-28(19-9-12-26-14-20(19)29(30)31)22(32-21,10-4-11-25)15-5-2-1-3-6-15/h1-3,5-9,12-14H,4,10-11,25H2. The van der Waals surface area contributed by atoms with Crippen molar-refractivity contribution < 1.29 is 13.7 Å². The maximum atomic E-state index is 14.6. The fourth-order valence-electron chi connectivity index (χ4n) is 3.64. The molecule has 0 fully saturated rings. The fourth-order valence-corrected chi connectivity index (χ4v) is 5.07. The summed E-state index contributed by atoms with van der Waals surface area (Å²) in [6.45, 7) is 0.380. The summed E-state index contributed by atoms with van der Waals surface area (Å²) < 4.78 is 28.6. The maximum absolute atomic E-state index is 14.6. The number of hydrogen-bond acceptors (Lipinski definition) is 7. The van der Waals surface area contributed by atoms with Crippen molar-refractivity contribution in [1.82, 2.24) is 4.98 Å². The molecule has 2 aromatic carbocycles. The molecule has 0 bridgehead atoms. The average Bonchev–Trinajstić information content (AvgIpc) is 3.20. The molecule has 2 heterocycles. The third-order valence-electron chi connectivity index (χ3n) is 5.10. The minimum atomic E-state index is -0.958. The lowest BCUT2D eigenvalue weighted by Gasteiger charge is -2.37. The van der Waals surface area contributed by atoms with Gasteiger partial charge in [0.2, 0.25) is 0 Å². The second kappa shape index (κ2) is 9.01. The van der Waals surface area contributed by atoms with Crippen molar-refractivity contribution in [3.05, 3.63) is 99.9 Å². The van der Waals surface area contributed by atoms with Crippen LogP contribution in [-0.4, -0.2) is 21.5 Å². The molecular weight excluding hydrogens is 436 g/mol. The fraction of sp³-hybridized carbons (Fsp3) is 0.182. The van der Waals surface area contributed by atoms with E-state index in [0.29, 0.717) is 19.4 Å². The molecule has 0 saturated carbocycles. The van der Waals surface area contributed by atoms with Crippen molar-refractivity contribution in [3.8, 4) is 0 Å². The molecule has 0 spiro atoms. The quantitative estimate of drug-likeness (QED) is 0.407. The van der Waals surface area contributed by atoms with Crippen LogP contribution in [-0.2, 0) is 4.87 Å². The Morgan fingerprint density at radius 3 is 2.66 bits per heavy atom. The summed E-state index contributed by atoms with van der Waals surface area (Å²) >= 11 is 1.22. The number of aromatic nitrogens is 1. The zero-order chi connectivity index (χ0) is 22.7. The number of nitro groups is 1. The first kappa shape index (κ1) is 21.8. The van der Waals surface area contributed by atoms with Gasteiger partial charge in [-0.15, -0.1) is 0 Å². The van der Waals surface area contributed by atoms with Crippen molar-refractivity contribution in [2.45, 2.75) is 17.7 Å². The van der Waals surface area contributed by atoms with Gasteiger partial charge in [0.1, 0.15) is 33.4 Å². The Bertz CT molecular complexity index is 1180. The van der Waals surface area contributed by atoms with Crippen molar-refractivity contribution in [1.29, 1.82) is 0 Å². The van der Waals surface area contributed by atoms with Crippen LogP contribution in [0.5, 0.6) is 0 Å². The number of rotatable bonds is 7. The van der Waals surface area contributed by atoms with Gasteiger partial charge in [0, 0.05) is 11.8 Å². The molecule has 0 saturated heterocycles. The molecule has 0 radical (unpaired) electrons. The smallest absolute Gasteiger partial charge is 0.312 e. The molecule has 164 valence electrons. The molecule has 2 N–H and O–H groups in total. The third kappa shape index (κ3) is 3.94. The van der Waals surface area contributed by atoms with Gasteiger partial charge in [-0.25, -0.2) is 13.8 Å². The van der Waals surface area contributed by atoms with E-state index in [2.05, 4.69) is 10.1 Å². The van der Waals surface area contributed by atoms with Crippen LogP contribution in [0.25, 0.3) is 0 Å². The number of halogens is 2. The molecule has 0 aliphatic carbocycles. The van der Waals surface area contributed by atoms with E-state index in [1.807, 2.05) is 30.3 Å². The van der Waals surface area contributed by atoms with Crippen LogP contribution in [0.3, 0.4) is 0 Å². The number of hydrogen-bond donors (Lipinski definition) is 1. The van der Waals surface area contributed by atoms with Gasteiger partial charge in [-0.05, 0) is 49.2 Å². The lowest BCUT2D eigenvalue weighted by atomic mass is 9.99. The monoisotopic (exact) mass is 455 g/mol. The second-order valence-corrected chi connectivity index (χ2v) is 8.37. The number of thioether (sulfide) groups is 1. The van der Waals surface area contributed by atoms with E-state index in [-0.39, 0.29) is 22.0 Å². The van der Waals surface area contributed by atoms with Crippen LogP contribution in [0.2, 0.25) is 0 Å². The first-order valence-electron chi connectivity index (χ1n) is 9.83. The highest BCUT2D eigenvalue weighted by atomic mass is 32.2. The first-order chi connectivity index (χ1) is 15.5. The Balaban J connectivity index is 1.96. The van der Waals surface area contributed by atoms with Gasteiger partial charge in [0.25, 0.3) is 0 Å². The van der Waals surface area contributed by atoms with E-state index in [4.69, 9.17) is 5.73 Å². The van der Waals surface area contributed by atoms with E-state index in [1.54, 1.807) is 0 Å². The Hall–Kier alpha value is -3.37. The first-order valence-corrected chi connectivity index (χ1v) is 10.6. The summed E-state index contributed by atoms with van der Waals surface area (Å²) in [5.74, 6) is -1.24. The van der Waals surface area contributed by atoms with Gasteiger partial charge in [-0.1, -0.05) is 42.1 Å². The SMILES string of the molecule is NCCCC1(c2ccccc2)SC(c2cc(F)ccc2F)=NN1c1ccncc1[N+](=O)[O-]. The molecule has 1 aliphatic rings. The lowest BCUT2D eigenvalue weighted by Crippen LogP contribution is -2.38. The topological polar surface area (TPSA) is 97.7 Å². The van der Waals surface area contributed by atoms with Gasteiger partial charge in [-0.2, -0.15) is 5.10 Å². The number of pyridine rings is 1. The molecule has 4 rings (SSSR count). The summed E-state index contributed by atoms with van der Waals surface area (Å²) in [6.07, 6.45) is 3.62. The molecule has 0 amide bonds. The summed E-state index contributed by atoms with van der Waals surface area (Å²) in [5, 5.41) is 18.1. The summed E-state index contributed by atoms with van der Waals surface area (Å²) in [4.78, 5) is 14.1. The van der Waals surface area contributed by atoms with E-state index in [9.17, 15) is 18.9 Å². The van der Waals surface area contributed by atoms with Crippen molar-refractivity contribution in [3.63, 3.8) is 0 Å². The molecule has 1 atom stereocenters. The van der Waals surface area contributed by atoms with Crippen LogP contribution in [0.15, 0.2) is 72.1 Å². The summed E-state index contributed by atoms with van der Waals surface area (Å²) in [5.41, 5.74) is 6.55. The predicted octanol–water partition coefficient (Wildman–Crippen LogP) is 4.77. The van der Waals surface area contributed by atoms with Crippen LogP contribution in [0.1, 0.15) is 24.0 Å². The van der Waals surface area contributed by atoms with Gasteiger partial charge in [0.15, 0.2) is 0 Å². The highest BCUT2D eigenvalue weighted by molar-refractivity contribution is 8.15. The van der Waals surface area contributed by atoms with Crippen molar-refractivity contribution >= 4 is 28.2 Å². The minimum absolute atomic E-state index is 0.0118. The maximum Gasteiger partial charge on any atom is 0.312 e. The number of nitrogens with zero attached hydrogens (tertiary/aromatic N) is 4. The van der Waals surface area contributed by atoms with Gasteiger partial charge in [-0.3, -0.25) is 15.1 Å². The largest absolute Gasteiger partial charge is 0.330 e. The lowest BCUT2D eigenvalue weighted by molar-refractivity contribution is -0.384. The van der Waals surface area contributed by atoms with Crippen LogP contribution in [0.4, 0.5) is 20.2 Å². The van der Waals surface area contributed by atoms with Crippen molar-refractivity contribution in [2.75, 3.05) is 11.6 Å². The molecule has 32 heavy (non-hydrogen) atoms. The van der Waals surface area contributed by atoms with E-state index in [0.717, 1.165) is 30.0 Å². The molecule has 1 aliphatic heterocycles. The Morgan fingerprint density at radius 2 is 1.94 bits per heavy atom. The molecule has 3 aromatic rings. The number of benzene rings is 2. The number of anilines is 1.